The minimum Gasteiger partial charge on any atom is -0.493 e. The molecule has 1 N–H and O–H groups in total. The van der Waals surface area contributed by atoms with Crippen LogP contribution >= 0.6 is 0 Å². The van der Waals surface area contributed by atoms with Crippen molar-refractivity contribution in [1.82, 2.24) is 10.2 Å². The SMILES string of the molecule is COc1cccc(CNCC(C)N2CCCC2)c1OC. The lowest BCUT2D eigenvalue weighted by Gasteiger charge is -2.24. The number of ether oxygens (including phenoxy) is 2. The lowest BCUT2D eigenvalue weighted by molar-refractivity contribution is 0.251. The monoisotopic (exact) mass is 278 g/mol. The van der Waals surface area contributed by atoms with E-state index in [1.165, 1.54) is 25.9 Å². The average Bonchev–Trinajstić information content (AvgIpc) is 3.01. The lowest BCUT2D eigenvalue weighted by Crippen LogP contribution is -2.38. The minimum atomic E-state index is 0.592. The summed E-state index contributed by atoms with van der Waals surface area (Å²) in [6, 6.07) is 6.60. The summed E-state index contributed by atoms with van der Waals surface area (Å²) in [5.41, 5.74) is 1.14. The molecule has 4 heteroatoms. The maximum atomic E-state index is 5.45. The summed E-state index contributed by atoms with van der Waals surface area (Å²) >= 11 is 0. The molecular formula is C16H26N2O2. The third kappa shape index (κ3) is 3.64. The second-order valence-electron chi connectivity index (χ2n) is 5.38. The molecule has 2 rings (SSSR count). The molecule has 0 amide bonds. The van der Waals surface area contributed by atoms with Crippen molar-refractivity contribution in [3.8, 4) is 11.5 Å². The van der Waals surface area contributed by atoms with Crippen molar-refractivity contribution in [2.75, 3.05) is 33.9 Å². The molecule has 0 saturated carbocycles. The Morgan fingerprint density at radius 3 is 2.60 bits per heavy atom. The summed E-state index contributed by atoms with van der Waals surface area (Å²) in [5, 5.41) is 3.53. The van der Waals surface area contributed by atoms with Crippen molar-refractivity contribution in [1.29, 1.82) is 0 Å². The molecule has 1 aromatic carbocycles. The average molecular weight is 278 g/mol. The second kappa shape index (κ2) is 7.50. The Morgan fingerprint density at radius 1 is 1.20 bits per heavy atom. The summed E-state index contributed by atoms with van der Waals surface area (Å²) in [6.45, 7) is 6.58. The van der Waals surface area contributed by atoms with Crippen LogP contribution in [0.5, 0.6) is 11.5 Å². The van der Waals surface area contributed by atoms with Crippen molar-refractivity contribution in [2.45, 2.75) is 32.4 Å². The molecule has 1 aliphatic heterocycles. The van der Waals surface area contributed by atoms with E-state index in [0.29, 0.717) is 6.04 Å². The number of para-hydroxylation sites is 1. The van der Waals surface area contributed by atoms with Crippen LogP contribution in [-0.2, 0) is 6.54 Å². The van der Waals surface area contributed by atoms with Crippen LogP contribution in [0.25, 0.3) is 0 Å². The summed E-state index contributed by atoms with van der Waals surface area (Å²) in [5.74, 6) is 1.62. The summed E-state index contributed by atoms with van der Waals surface area (Å²) in [7, 11) is 3.36. The third-order valence-corrected chi connectivity index (χ3v) is 4.00. The molecule has 1 atom stereocenters. The maximum absolute atomic E-state index is 5.45. The van der Waals surface area contributed by atoms with Crippen molar-refractivity contribution in [2.24, 2.45) is 0 Å². The molecular weight excluding hydrogens is 252 g/mol. The zero-order valence-corrected chi connectivity index (χ0v) is 12.8. The van der Waals surface area contributed by atoms with E-state index in [9.17, 15) is 0 Å². The first kappa shape index (κ1) is 15.1. The van der Waals surface area contributed by atoms with Crippen LogP contribution < -0.4 is 14.8 Å². The molecule has 1 fully saturated rings. The van der Waals surface area contributed by atoms with Crippen molar-refractivity contribution in [3.63, 3.8) is 0 Å². The van der Waals surface area contributed by atoms with Gasteiger partial charge < -0.3 is 14.8 Å². The molecule has 1 heterocycles. The summed E-state index contributed by atoms with van der Waals surface area (Å²) in [4.78, 5) is 2.55. The normalized spacial score (nSPS) is 17.1. The smallest absolute Gasteiger partial charge is 0.165 e. The highest BCUT2D eigenvalue weighted by Crippen LogP contribution is 2.30. The number of methoxy groups -OCH3 is 2. The highest BCUT2D eigenvalue weighted by atomic mass is 16.5. The molecule has 1 aliphatic rings. The molecule has 20 heavy (non-hydrogen) atoms. The van der Waals surface area contributed by atoms with Gasteiger partial charge in [-0.25, -0.2) is 0 Å². The van der Waals surface area contributed by atoms with Crippen LogP contribution in [0.1, 0.15) is 25.3 Å². The molecule has 0 aromatic heterocycles. The van der Waals surface area contributed by atoms with Gasteiger partial charge in [-0.2, -0.15) is 0 Å². The van der Waals surface area contributed by atoms with Gasteiger partial charge in [0.15, 0.2) is 11.5 Å². The van der Waals surface area contributed by atoms with E-state index in [2.05, 4.69) is 23.2 Å². The number of hydrogen-bond donors (Lipinski definition) is 1. The Kier molecular flexibility index (Phi) is 5.68. The second-order valence-corrected chi connectivity index (χ2v) is 5.38. The molecule has 0 radical (unpaired) electrons. The minimum absolute atomic E-state index is 0.592. The standard InChI is InChI=1S/C16H26N2O2/c1-13(18-9-4-5-10-18)11-17-12-14-7-6-8-15(19-2)16(14)20-3/h6-8,13,17H,4-5,9-12H2,1-3H3. The van der Waals surface area contributed by atoms with Crippen LogP contribution in [0.15, 0.2) is 18.2 Å². The highest BCUT2D eigenvalue weighted by molar-refractivity contribution is 5.46. The first-order chi connectivity index (χ1) is 9.76. The Morgan fingerprint density at radius 2 is 1.95 bits per heavy atom. The van der Waals surface area contributed by atoms with E-state index < -0.39 is 0 Å². The van der Waals surface area contributed by atoms with E-state index in [1.807, 2.05) is 12.1 Å². The summed E-state index contributed by atoms with van der Waals surface area (Å²) in [6.07, 6.45) is 2.68. The van der Waals surface area contributed by atoms with E-state index in [1.54, 1.807) is 14.2 Å². The molecule has 1 saturated heterocycles. The Bertz CT molecular complexity index is 417. The fourth-order valence-corrected chi connectivity index (χ4v) is 2.82. The van der Waals surface area contributed by atoms with Gasteiger partial charge in [0.05, 0.1) is 14.2 Å². The topological polar surface area (TPSA) is 33.7 Å². The van der Waals surface area contributed by atoms with Gasteiger partial charge in [0.25, 0.3) is 0 Å². The third-order valence-electron chi connectivity index (χ3n) is 4.00. The molecule has 0 aliphatic carbocycles. The molecule has 0 bridgehead atoms. The molecule has 1 unspecified atom stereocenters. The van der Waals surface area contributed by atoms with Gasteiger partial charge in [0.1, 0.15) is 0 Å². The van der Waals surface area contributed by atoms with Gasteiger partial charge in [0.2, 0.25) is 0 Å². The number of likely N-dealkylation sites (tertiary alicyclic amines) is 1. The van der Waals surface area contributed by atoms with E-state index >= 15 is 0 Å². The lowest BCUT2D eigenvalue weighted by atomic mass is 10.1. The predicted octanol–water partition coefficient (Wildman–Crippen LogP) is 2.28. The Balaban J connectivity index is 1.87. The van der Waals surface area contributed by atoms with Crippen molar-refractivity contribution < 1.29 is 9.47 Å². The van der Waals surface area contributed by atoms with Gasteiger partial charge in [-0.1, -0.05) is 12.1 Å². The van der Waals surface area contributed by atoms with E-state index in [0.717, 1.165) is 30.2 Å². The fraction of sp³-hybridized carbons (Fsp3) is 0.625. The fourth-order valence-electron chi connectivity index (χ4n) is 2.82. The van der Waals surface area contributed by atoms with Crippen LogP contribution in [0.2, 0.25) is 0 Å². The van der Waals surface area contributed by atoms with Gasteiger partial charge in [0, 0.05) is 24.7 Å². The first-order valence-corrected chi connectivity index (χ1v) is 7.41. The number of benzene rings is 1. The van der Waals surface area contributed by atoms with Crippen LogP contribution in [0, 0.1) is 0 Å². The van der Waals surface area contributed by atoms with Gasteiger partial charge in [-0.05, 0) is 38.9 Å². The first-order valence-electron chi connectivity index (χ1n) is 7.41. The van der Waals surface area contributed by atoms with Gasteiger partial charge in [-0.15, -0.1) is 0 Å². The highest BCUT2D eigenvalue weighted by Gasteiger charge is 2.17. The van der Waals surface area contributed by atoms with E-state index in [-0.39, 0.29) is 0 Å². The number of nitrogens with zero attached hydrogens (tertiary/aromatic N) is 1. The Hall–Kier alpha value is -1.26. The van der Waals surface area contributed by atoms with Crippen molar-refractivity contribution >= 4 is 0 Å². The van der Waals surface area contributed by atoms with Crippen LogP contribution in [0.3, 0.4) is 0 Å². The zero-order valence-electron chi connectivity index (χ0n) is 12.8. The summed E-state index contributed by atoms with van der Waals surface area (Å²) < 4.78 is 10.8. The van der Waals surface area contributed by atoms with E-state index in [4.69, 9.17) is 9.47 Å². The zero-order chi connectivity index (χ0) is 14.4. The quantitative estimate of drug-likeness (QED) is 0.829. The molecule has 0 spiro atoms. The van der Waals surface area contributed by atoms with Crippen LogP contribution in [-0.4, -0.2) is 44.8 Å². The number of nitrogens with one attached hydrogen (secondary N) is 1. The molecule has 112 valence electrons. The Labute approximate surface area is 122 Å². The van der Waals surface area contributed by atoms with Gasteiger partial charge in [-0.3, -0.25) is 4.90 Å². The largest absolute Gasteiger partial charge is 0.493 e. The van der Waals surface area contributed by atoms with Crippen molar-refractivity contribution in [3.05, 3.63) is 23.8 Å². The molecule has 4 nitrogen and oxygen atoms in total. The number of rotatable bonds is 7. The number of hydrogen-bond acceptors (Lipinski definition) is 4. The van der Waals surface area contributed by atoms with Gasteiger partial charge >= 0.3 is 0 Å². The predicted molar refractivity (Wildman–Crippen MR) is 81.5 cm³/mol. The molecule has 1 aromatic rings. The maximum Gasteiger partial charge on any atom is 0.165 e. The van der Waals surface area contributed by atoms with Crippen LogP contribution in [0.4, 0.5) is 0 Å².